The van der Waals surface area contributed by atoms with Gasteiger partial charge in [0.15, 0.2) is 0 Å². The zero-order chi connectivity index (χ0) is 14.0. The van der Waals surface area contributed by atoms with Gasteiger partial charge in [0.1, 0.15) is 6.54 Å². The Bertz CT molecular complexity index is 747. The van der Waals surface area contributed by atoms with Crippen LogP contribution < -0.4 is 11.2 Å². The first-order chi connectivity index (χ1) is 9.02. The van der Waals surface area contributed by atoms with Crippen LogP contribution in [0.2, 0.25) is 5.02 Å². The third-order valence-corrected chi connectivity index (χ3v) is 2.79. The van der Waals surface area contributed by atoms with E-state index in [1.54, 1.807) is 13.0 Å². The van der Waals surface area contributed by atoms with Gasteiger partial charge in [-0.25, -0.2) is 4.79 Å². The Morgan fingerprint density at radius 3 is 2.84 bits per heavy atom. The first kappa shape index (κ1) is 13.4. The second kappa shape index (κ2) is 5.27. The van der Waals surface area contributed by atoms with E-state index in [0.29, 0.717) is 10.5 Å². The number of hydrogen-bond acceptors (Lipinski definition) is 4. The summed E-state index contributed by atoms with van der Waals surface area (Å²) in [5, 5.41) is 0.621. The van der Waals surface area contributed by atoms with Crippen LogP contribution in [0, 0.1) is 0 Å². The van der Waals surface area contributed by atoms with Crippen LogP contribution in [0.1, 0.15) is 6.92 Å². The number of fused-ring (bicyclic) bond motifs is 1. The molecular formula is C12H11ClN2O4. The van der Waals surface area contributed by atoms with Crippen LogP contribution in [0.3, 0.4) is 0 Å². The topological polar surface area (TPSA) is 81.2 Å². The minimum atomic E-state index is -0.659. The smallest absolute Gasteiger partial charge is 0.329 e. The van der Waals surface area contributed by atoms with Gasteiger partial charge in [0, 0.05) is 5.02 Å². The molecule has 0 aliphatic heterocycles. The number of benzene rings is 1. The molecule has 0 atom stereocenters. The fourth-order valence-corrected chi connectivity index (χ4v) is 1.93. The van der Waals surface area contributed by atoms with Crippen LogP contribution in [0.15, 0.2) is 27.8 Å². The van der Waals surface area contributed by atoms with Crippen molar-refractivity contribution in [1.82, 2.24) is 9.55 Å². The minimum absolute atomic E-state index is 0.223. The summed E-state index contributed by atoms with van der Waals surface area (Å²) in [6.07, 6.45) is 0. The van der Waals surface area contributed by atoms with E-state index in [2.05, 4.69) is 4.98 Å². The molecule has 7 heteroatoms. The van der Waals surface area contributed by atoms with E-state index in [4.69, 9.17) is 16.3 Å². The summed E-state index contributed by atoms with van der Waals surface area (Å²) in [4.78, 5) is 37.0. The SMILES string of the molecule is CCOC(=O)Cn1c(=O)[nH]c(=O)c2cc(Cl)ccc21. The number of aromatic nitrogens is 2. The zero-order valence-corrected chi connectivity index (χ0v) is 10.9. The number of hydrogen-bond donors (Lipinski definition) is 1. The Balaban J connectivity index is 2.63. The van der Waals surface area contributed by atoms with E-state index in [1.165, 1.54) is 12.1 Å². The number of carbonyl (C=O) groups is 1. The number of halogens is 1. The quantitative estimate of drug-likeness (QED) is 0.848. The Labute approximate surface area is 112 Å². The lowest BCUT2D eigenvalue weighted by molar-refractivity contribution is -0.143. The first-order valence-electron chi connectivity index (χ1n) is 5.61. The second-order valence-corrected chi connectivity index (χ2v) is 4.25. The Kier molecular flexibility index (Phi) is 3.71. The molecule has 1 aromatic carbocycles. The van der Waals surface area contributed by atoms with Crippen LogP contribution in [0.25, 0.3) is 10.9 Å². The maximum Gasteiger partial charge on any atom is 0.329 e. The first-order valence-corrected chi connectivity index (χ1v) is 5.98. The molecule has 0 saturated heterocycles. The largest absolute Gasteiger partial charge is 0.465 e. The van der Waals surface area contributed by atoms with Crippen molar-refractivity contribution in [3.63, 3.8) is 0 Å². The average molecular weight is 283 g/mol. The van der Waals surface area contributed by atoms with Gasteiger partial charge < -0.3 is 4.74 Å². The second-order valence-electron chi connectivity index (χ2n) is 3.81. The fourth-order valence-electron chi connectivity index (χ4n) is 1.76. The minimum Gasteiger partial charge on any atom is -0.465 e. The number of aromatic amines is 1. The normalized spacial score (nSPS) is 10.6. The van der Waals surface area contributed by atoms with Gasteiger partial charge in [-0.3, -0.25) is 19.1 Å². The number of esters is 1. The van der Waals surface area contributed by atoms with Gasteiger partial charge in [0.05, 0.1) is 17.5 Å². The summed E-state index contributed by atoms with van der Waals surface area (Å²) >= 11 is 5.81. The van der Waals surface area contributed by atoms with Gasteiger partial charge in [-0.1, -0.05) is 11.6 Å². The van der Waals surface area contributed by atoms with Crippen molar-refractivity contribution in [3.05, 3.63) is 44.1 Å². The average Bonchev–Trinajstić information content (AvgIpc) is 2.35. The summed E-state index contributed by atoms with van der Waals surface area (Å²) in [6, 6.07) is 4.51. The highest BCUT2D eigenvalue weighted by Gasteiger charge is 2.11. The Morgan fingerprint density at radius 2 is 2.16 bits per heavy atom. The van der Waals surface area contributed by atoms with Crippen LogP contribution in [-0.4, -0.2) is 22.1 Å². The lowest BCUT2D eigenvalue weighted by atomic mass is 10.2. The van der Waals surface area contributed by atoms with Crippen molar-refractivity contribution in [2.24, 2.45) is 0 Å². The predicted octanol–water partition coefficient (Wildman–Crippen LogP) is 0.906. The molecule has 0 saturated carbocycles. The molecule has 6 nitrogen and oxygen atoms in total. The highest BCUT2D eigenvalue weighted by atomic mass is 35.5. The molecule has 0 bridgehead atoms. The molecule has 2 aromatic rings. The van der Waals surface area contributed by atoms with E-state index >= 15 is 0 Å². The molecule has 1 N–H and O–H groups in total. The summed E-state index contributed by atoms with van der Waals surface area (Å²) < 4.78 is 5.93. The molecule has 0 unspecified atom stereocenters. The number of ether oxygens (including phenoxy) is 1. The third-order valence-electron chi connectivity index (χ3n) is 2.55. The van der Waals surface area contributed by atoms with Gasteiger partial charge in [-0.05, 0) is 25.1 Å². The van der Waals surface area contributed by atoms with E-state index in [0.717, 1.165) is 4.57 Å². The van der Waals surface area contributed by atoms with Crippen molar-refractivity contribution in [2.45, 2.75) is 13.5 Å². The fraction of sp³-hybridized carbons (Fsp3) is 0.250. The standard InChI is InChI=1S/C12H11ClN2O4/c1-2-19-10(16)6-15-9-4-3-7(13)5-8(9)11(17)14-12(15)18/h3-5H,2,6H2,1H3,(H,14,17,18). The highest BCUT2D eigenvalue weighted by molar-refractivity contribution is 6.31. The summed E-state index contributed by atoms with van der Waals surface area (Å²) in [5.74, 6) is -0.548. The monoisotopic (exact) mass is 282 g/mol. The summed E-state index contributed by atoms with van der Waals surface area (Å²) in [6.45, 7) is 1.63. The molecule has 19 heavy (non-hydrogen) atoms. The number of nitrogens with zero attached hydrogens (tertiary/aromatic N) is 1. The predicted molar refractivity (Wildman–Crippen MR) is 70.5 cm³/mol. The Hall–Kier alpha value is -2.08. The van der Waals surface area contributed by atoms with E-state index in [1.807, 2.05) is 0 Å². The molecule has 1 aromatic heterocycles. The van der Waals surface area contributed by atoms with Crippen LogP contribution in [0.4, 0.5) is 0 Å². The lowest BCUT2D eigenvalue weighted by Crippen LogP contribution is -2.32. The van der Waals surface area contributed by atoms with Crippen LogP contribution in [0.5, 0.6) is 0 Å². The van der Waals surface area contributed by atoms with Crippen LogP contribution >= 0.6 is 11.6 Å². The number of H-pyrrole nitrogens is 1. The van der Waals surface area contributed by atoms with Crippen molar-refractivity contribution in [2.75, 3.05) is 6.61 Å². The maximum absolute atomic E-state index is 11.7. The van der Waals surface area contributed by atoms with Crippen molar-refractivity contribution < 1.29 is 9.53 Å². The molecule has 2 rings (SSSR count). The van der Waals surface area contributed by atoms with E-state index in [9.17, 15) is 14.4 Å². The number of carbonyl (C=O) groups excluding carboxylic acids is 1. The molecule has 0 amide bonds. The molecule has 0 fully saturated rings. The molecule has 0 radical (unpaired) electrons. The zero-order valence-electron chi connectivity index (χ0n) is 10.1. The van der Waals surface area contributed by atoms with Crippen LogP contribution in [-0.2, 0) is 16.1 Å². The van der Waals surface area contributed by atoms with Crippen molar-refractivity contribution in [1.29, 1.82) is 0 Å². The molecule has 0 spiro atoms. The van der Waals surface area contributed by atoms with Crippen molar-refractivity contribution in [3.8, 4) is 0 Å². The van der Waals surface area contributed by atoms with Gasteiger partial charge in [0.2, 0.25) is 0 Å². The highest BCUT2D eigenvalue weighted by Crippen LogP contribution is 2.14. The lowest BCUT2D eigenvalue weighted by Gasteiger charge is -2.08. The molecule has 1 heterocycles. The number of nitrogens with one attached hydrogen (secondary N) is 1. The Morgan fingerprint density at radius 1 is 1.42 bits per heavy atom. The summed E-state index contributed by atoms with van der Waals surface area (Å²) in [7, 11) is 0. The third kappa shape index (κ3) is 2.68. The van der Waals surface area contributed by atoms with E-state index in [-0.39, 0.29) is 18.5 Å². The molecule has 0 aliphatic carbocycles. The van der Waals surface area contributed by atoms with E-state index < -0.39 is 17.2 Å². The number of rotatable bonds is 3. The van der Waals surface area contributed by atoms with Gasteiger partial charge in [-0.15, -0.1) is 0 Å². The van der Waals surface area contributed by atoms with Gasteiger partial charge in [0.25, 0.3) is 5.56 Å². The van der Waals surface area contributed by atoms with Crippen molar-refractivity contribution >= 4 is 28.5 Å². The summed E-state index contributed by atoms with van der Waals surface area (Å²) in [5.41, 5.74) is -0.860. The maximum atomic E-state index is 11.7. The molecular weight excluding hydrogens is 272 g/mol. The molecule has 100 valence electrons. The van der Waals surface area contributed by atoms with Gasteiger partial charge in [-0.2, -0.15) is 0 Å². The molecule has 0 aliphatic rings. The van der Waals surface area contributed by atoms with Gasteiger partial charge >= 0.3 is 11.7 Å².